The number of carbonyl (C=O) groups is 1. The number of hydrogen-bond donors (Lipinski definition) is 0. The van der Waals surface area contributed by atoms with Crippen molar-refractivity contribution in [1.29, 1.82) is 0 Å². The molecule has 0 bridgehead atoms. The summed E-state index contributed by atoms with van der Waals surface area (Å²) in [6.07, 6.45) is -1.42. The van der Waals surface area contributed by atoms with E-state index in [1.807, 2.05) is 30.3 Å². The smallest absolute Gasteiger partial charge is 0.338 e. The van der Waals surface area contributed by atoms with Crippen LogP contribution in [0.5, 0.6) is 0 Å². The van der Waals surface area contributed by atoms with E-state index in [9.17, 15) is 4.79 Å². The molecule has 0 saturated carbocycles. The Morgan fingerprint density at radius 1 is 1.20 bits per heavy atom. The second-order valence-electron chi connectivity index (χ2n) is 5.50. The van der Waals surface area contributed by atoms with E-state index in [1.54, 1.807) is 13.8 Å². The summed E-state index contributed by atoms with van der Waals surface area (Å²) in [5, 5.41) is 0. The first-order chi connectivity index (χ1) is 9.55. The molecule has 2 aliphatic heterocycles. The summed E-state index contributed by atoms with van der Waals surface area (Å²) in [5.74, 6) is -1.11. The van der Waals surface area contributed by atoms with Crippen molar-refractivity contribution in [3.8, 4) is 0 Å². The molecule has 1 aromatic carbocycles. The maximum Gasteiger partial charge on any atom is 0.338 e. The summed E-state index contributed by atoms with van der Waals surface area (Å²) < 4.78 is 22.1. The zero-order valence-electron chi connectivity index (χ0n) is 11.6. The van der Waals surface area contributed by atoms with E-state index in [4.69, 9.17) is 18.9 Å². The Morgan fingerprint density at radius 2 is 1.95 bits per heavy atom. The lowest BCUT2D eigenvalue weighted by Crippen LogP contribution is -2.32. The number of esters is 1. The fourth-order valence-corrected chi connectivity index (χ4v) is 2.52. The van der Waals surface area contributed by atoms with Crippen LogP contribution >= 0.6 is 0 Å². The molecule has 20 heavy (non-hydrogen) atoms. The van der Waals surface area contributed by atoms with Gasteiger partial charge in [0.25, 0.3) is 0 Å². The molecule has 0 aromatic heterocycles. The monoisotopic (exact) mass is 278 g/mol. The van der Waals surface area contributed by atoms with Crippen molar-refractivity contribution >= 4 is 5.97 Å². The van der Waals surface area contributed by atoms with Gasteiger partial charge in [0.15, 0.2) is 18.0 Å². The summed E-state index contributed by atoms with van der Waals surface area (Å²) in [6, 6.07) is 9.85. The van der Waals surface area contributed by atoms with Crippen molar-refractivity contribution in [2.45, 2.75) is 44.6 Å². The standard InChI is InChI=1S/C15H18O5/c1-15(2)19-12-11(18-14(16)13(12)20-15)9-17-8-10-6-4-3-5-7-10/h3-7,11-13H,8-9H2,1-2H3/t11-,12-,13+/m0/s1. The van der Waals surface area contributed by atoms with Crippen molar-refractivity contribution in [3.63, 3.8) is 0 Å². The van der Waals surface area contributed by atoms with Gasteiger partial charge in [0.2, 0.25) is 0 Å². The van der Waals surface area contributed by atoms with E-state index in [1.165, 1.54) is 0 Å². The molecule has 1 aromatic rings. The van der Waals surface area contributed by atoms with Gasteiger partial charge in [0.05, 0.1) is 13.2 Å². The first-order valence-electron chi connectivity index (χ1n) is 6.73. The van der Waals surface area contributed by atoms with Gasteiger partial charge < -0.3 is 18.9 Å². The van der Waals surface area contributed by atoms with E-state index < -0.39 is 18.0 Å². The molecule has 2 fully saturated rings. The lowest BCUT2D eigenvalue weighted by Gasteiger charge is -2.21. The minimum absolute atomic E-state index is 0.307. The second kappa shape index (κ2) is 5.16. The van der Waals surface area contributed by atoms with Crippen LogP contribution in [0, 0.1) is 0 Å². The molecule has 0 radical (unpaired) electrons. The number of benzene rings is 1. The zero-order valence-corrected chi connectivity index (χ0v) is 11.6. The van der Waals surface area contributed by atoms with Crippen LogP contribution in [0.15, 0.2) is 30.3 Å². The Labute approximate surface area is 117 Å². The number of ether oxygens (including phenoxy) is 4. The predicted molar refractivity (Wildman–Crippen MR) is 69.8 cm³/mol. The minimum Gasteiger partial charge on any atom is -0.455 e. The second-order valence-corrected chi connectivity index (χ2v) is 5.50. The molecule has 5 nitrogen and oxygen atoms in total. The summed E-state index contributed by atoms with van der Waals surface area (Å²) in [4.78, 5) is 11.7. The molecule has 0 aliphatic carbocycles. The summed E-state index contributed by atoms with van der Waals surface area (Å²) in [5.41, 5.74) is 1.08. The van der Waals surface area contributed by atoms with E-state index >= 15 is 0 Å². The Hall–Kier alpha value is -1.43. The first-order valence-corrected chi connectivity index (χ1v) is 6.73. The van der Waals surface area contributed by atoms with Crippen molar-refractivity contribution in [2.24, 2.45) is 0 Å². The van der Waals surface area contributed by atoms with Crippen LogP contribution in [-0.2, 0) is 30.3 Å². The molecule has 3 rings (SSSR count). The summed E-state index contributed by atoms with van der Waals surface area (Å²) in [6.45, 7) is 4.37. The molecule has 2 aliphatic rings. The molecule has 0 N–H and O–H groups in total. The van der Waals surface area contributed by atoms with Crippen LogP contribution < -0.4 is 0 Å². The molecule has 2 saturated heterocycles. The molecule has 0 amide bonds. The quantitative estimate of drug-likeness (QED) is 0.784. The Balaban J connectivity index is 1.55. The Bertz CT molecular complexity index is 484. The fourth-order valence-electron chi connectivity index (χ4n) is 2.52. The SMILES string of the molecule is CC1(C)O[C@H]2[C@H](COCc3ccccc3)OC(=O)[C@@H]2O1. The van der Waals surface area contributed by atoms with Gasteiger partial charge in [0, 0.05) is 0 Å². The van der Waals surface area contributed by atoms with Gasteiger partial charge in [-0.15, -0.1) is 0 Å². The van der Waals surface area contributed by atoms with Crippen LogP contribution in [0.2, 0.25) is 0 Å². The lowest BCUT2D eigenvalue weighted by atomic mass is 10.1. The van der Waals surface area contributed by atoms with Gasteiger partial charge in [-0.1, -0.05) is 30.3 Å². The molecule has 0 unspecified atom stereocenters. The summed E-state index contributed by atoms with van der Waals surface area (Å²) in [7, 11) is 0. The molecule has 0 spiro atoms. The van der Waals surface area contributed by atoms with Gasteiger partial charge in [-0.25, -0.2) is 4.79 Å². The highest BCUT2D eigenvalue weighted by Gasteiger charge is 2.55. The highest BCUT2D eigenvalue weighted by atomic mass is 16.8. The number of rotatable bonds is 4. The fraction of sp³-hybridized carbons (Fsp3) is 0.533. The van der Waals surface area contributed by atoms with Crippen LogP contribution in [0.1, 0.15) is 19.4 Å². The van der Waals surface area contributed by atoms with Crippen LogP contribution in [0.4, 0.5) is 0 Å². The van der Waals surface area contributed by atoms with Gasteiger partial charge in [-0.2, -0.15) is 0 Å². The molecule has 108 valence electrons. The Morgan fingerprint density at radius 3 is 2.70 bits per heavy atom. The number of hydrogen-bond acceptors (Lipinski definition) is 5. The number of carbonyl (C=O) groups excluding carboxylic acids is 1. The first kappa shape index (κ1) is 13.5. The number of cyclic esters (lactones) is 1. The highest BCUT2D eigenvalue weighted by molar-refractivity contribution is 5.78. The highest BCUT2D eigenvalue weighted by Crippen LogP contribution is 2.36. The lowest BCUT2D eigenvalue weighted by molar-refractivity contribution is -0.190. The van der Waals surface area contributed by atoms with Crippen molar-refractivity contribution in [1.82, 2.24) is 0 Å². The molecule has 3 atom stereocenters. The maximum atomic E-state index is 11.7. The van der Waals surface area contributed by atoms with Crippen LogP contribution in [0.3, 0.4) is 0 Å². The molecular formula is C15H18O5. The van der Waals surface area contributed by atoms with E-state index in [2.05, 4.69) is 0 Å². The molecule has 2 heterocycles. The van der Waals surface area contributed by atoms with Gasteiger partial charge in [-0.3, -0.25) is 0 Å². The van der Waals surface area contributed by atoms with Crippen LogP contribution in [0.25, 0.3) is 0 Å². The van der Waals surface area contributed by atoms with Gasteiger partial charge in [-0.05, 0) is 19.4 Å². The third-order valence-corrected chi connectivity index (χ3v) is 3.39. The van der Waals surface area contributed by atoms with Gasteiger partial charge in [0.1, 0.15) is 6.10 Å². The third-order valence-electron chi connectivity index (χ3n) is 3.39. The van der Waals surface area contributed by atoms with Crippen molar-refractivity contribution in [2.75, 3.05) is 6.61 Å². The van der Waals surface area contributed by atoms with E-state index in [0.29, 0.717) is 13.2 Å². The zero-order chi connectivity index (χ0) is 14.2. The molecule has 5 heteroatoms. The average Bonchev–Trinajstić information content (AvgIpc) is 2.87. The average molecular weight is 278 g/mol. The van der Waals surface area contributed by atoms with Crippen LogP contribution in [-0.4, -0.2) is 36.7 Å². The van der Waals surface area contributed by atoms with E-state index in [-0.39, 0.29) is 12.1 Å². The van der Waals surface area contributed by atoms with E-state index in [0.717, 1.165) is 5.56 Å². The topological polar surface area (TPSA) is 54.0 Å². The van der Waals surface area contributed by atoms with Crippen molar-refractivity contribution in [3.05, 3.63) is 35.9 Å². The normalized spacial score (nSPS) is 31.1. The van der Waals surface area contributed by atoms with Gasteiger partial charge >= 0.3 is 5.97 Å². The minimum atomic E-state index is -0.744. The van der Waals surface area contributed by atoms with Crippen molar-refractivity contribution < 1.29 is 23.7 Å². The largest absolute Gasteiger partial charge is 0.455 e. The summed E-state index contributed by atoms with van der Waals surface area (Å²) >= 11 is 0. The maximum absolute atomic E-state index is 11.7. The third kappa shape index (κ3) is 2.70. The predicted octanol–water partition coefficient (Wildman–Crippen LogP) is 1.65. The Kier molecular flexibility index (Phi) is 3.50. The molecular weight excluding hydrogens is 260 g/mol. The number of fused-ring (bicyclic) bond motifs is 1.